The molecule has 132 valence electrons. The molecule has 2 unspecified atom stereocenters. The molecule has 1 fully saturated rings. The van der Waals surface area contributed by atoms with Crippen LogP contribution >= 0.6 is 0 Å². The molecule has 2 bridgehead atoms. The number of piperidine rings is 1. The van der Waals surface area contributed by atoms with E-state index in [9.17, 15) is 9.59 Å². The molecule has 2 aliphatic rings. The number of pyridine rings is 2. The van der Waals surface area contributed by atoms with Crippen LogP contribution in [0.1, 0.15) is 34.1 Å². The first-order chi connectivity index (χ1) is 12.6. The molecule has 1 amide bonds. The summed E-state index contributed by atoms with van der Waals surface area (Å²) in [4.78, 5) is 31.6. The number of rotatable bonds is 1. The van der Waals surface area contributed by atoms with E-state index in [1.165, 1.54) is 0 Å². The molecule has 5 rings (SSSR count). The van der Waals surface area contributed by atoms with E-state index >= 15 is 0 Å². The van der Waals surface area contributed by atoms with Crippen molar-refractivity contribution < 1.29 is 4.79 Å². The minimum atomic E-state index is 0.0553. The molecular weight excluding hydrogens is 328 g/mol. The maximum Gasteiger partial charge on any atom is 0.255 e. The van der Waals surface area contributed by atoms with Crippen LogP contribution in [0.5, 0.6) is 0 Å². The molecule has 6 heteroatoms. The van der Waals surface area contributed by atoms with Crippen LogP contribution < -0.4 is 5.56 Å². The van der Waals surface area contributed by atoms with Gasteiger partial charge in [0.05, 0.1) is 11.3 Å². The topological polar surface area (TPSA) is 59.6 Å². The molecule has 6 nitrogen and oxygen atoms in total. The minimum absolute atomic E-state index is 0.0553. The third-order valence-corrected chi connectivity index (χ3v) is 5.59. The summed E-state index contributed by atoms with van der Waals surface area (Å²) in [6, 6.07) is 9.21. The zero-order chi connectivity index (χ0) is 17.8. The van der Waals surface area contributed by atoms with Gasteiger partial charge in [-0.2, -0.15) is 0 Å². The molecule has 0 aliphatic carbocycles. The standard InChI is InChI=1S/C20H20N4O2/c1-13-8-22-11-15(5-6-18(22)21-13)20(26)23-9-14-7-16(12-23)17-3-2-4-19(25)24(17)10-14/h2-6,8,11,14,16H,7,9-10,12H2,1H3. The SMILES string of the molecule is Cc1cn2cc(C(=O)N3CC4CC(C3)c3cccc(=O)n3C4)ccc2n1. The Hall–Kier alpha value is -2.89. The molecule has 3 aromatic heterocycles. The van der Waals surface area contributed by atoms with Crippen LogP contribution in [-0.2, 0) is 6.54 Å². The van der Waals surface area contributed by atoms with Crippen LogP contribution in [-0.4, -0.2) is 37.8 Å². The second-order valence-electron chi connectivity index (χ2n) is 7.47. The molecular formula is C20H20N4O2. The average molecular weight is 348 g/mol. The lowest BCUT2D eigenvalue weighted by molar-refractivity contribution is 0.0594. The highest BCUT2D eigenvalue weighted by atomic mass is 16.2. The predicted molar refractivity (Wildman–Crippen MR) is 97.4 cm³/mol. The summed E-state index contributed by atoms with van der Waals surface area (Å²) in [5, 5.41) is 0. The molecule has 0 spiro atoms. The zero-order valence-corrected chi connectivity index (χ0v) is 14.6. The molecule has 0 saturated carbocycles. The maximum atomic E-state index is 13.1. The fourth-order valence-corrected chi connectivity index (χ4v) is 4.49. The Bertz CT molecular complexity index is 1080. The second-order valence-corrected chi connectivity index (χ2v) is 7.47. The first-order valence-electron chi connectivity index (χ1n) is 9.03. The molecule has 0 N–H and O–H groups in total. The monoisotopic (exact) mass is 348 g/mol. The number of aromatic nitrogens is 3. The van der Waals surface area contributed by atoms with Gasteiger partial charge in [-0.1, -0.05) is 6.07 Å². The zero-order valence-electron chi connectivity index (χ0n) is 14.6. The van der Waals surface area contributed by atoms with Crippen molar-refractivity contribution in [2.24, 2.45) is 5.92 Å². The third kappa shape index (κ3) is 2.36. The van der Waals surface area contributed by atoms with E-state index in [4.69, 9.17) is 0 Å². The van der Waals surface area contributed by atoms with Crippen molar-refractivity contribution in [3.63, 3.8) is 0 Å². The Labute approximate surface area is 150 Å². The summed E-state index contributed by atoms with van der Waals surface area (Å²) < 4.78 is 3.79. The van der Waals surface area contributed by atoms with Crippen LogP contribution in [0.15, 0.2) is 47.5 Å². The molecule has 5 heterocycles. The van der Waals surface area contributed by atoms with Crippen LogP contribution in [0.3, 0.4) is 0 Å². The number of hydrogen-bond acceptors (Lipinski definition) is 3. The Morgan fingerprint density at radius 2 is 2.00 bits per heavy atom. The lowest BCUT2D eigenvalue weighted by Crippen LogP contribution is -2.49. The van der Waals surface area contributed by atoms with Crippen LogP contribution in [0.25, 0.3) is 5.65 Å². The molecule has 26 heavy (non-hydrogen) atoms. The molecule has 0 radical (unpaired) electrons. The highest BCUT2D eigenvalue weighted by molar-refractivity contribution is 5.94. The van der Waals surface area contributed by atoms with Crippen molar-refractivity contribution >= 4 is 11.6 Å². The summed E-state index contributed by atoms with van der Waals surface area (Å²) in [6.45, 7) is 4.02. The molecule has 3 aromatic rings. The van der Waals surface area contributed by atoms with Crippen molar-refractivity contribution in [1.29, 1.82) is 0 Å². The van der Waals surface area contributed by atoms with Gasteiger partial charge in [0.15, 0.2) is 0 Å². The summed E-state index contributed by atoms with van der Waals surface area (Å²) in [5.74, 6) is 0.628. The number of hydrogen-bond donors (Lipinski definition) is 0. The van der Waals surface area contributed by atoms with Gasteiger partial charge in [0.2, 0.25) is 0 Å². The van der Waals surface area contributed by atoms with Crippen LogP contribution in [0.4, 0.5) is 0 Å². The Kier molecular flexibility index (Phi) is 3.29. The number of amides is 1. The number of fused-ring (bicyclic) bond motifs is 5. The molecule has 0 aromatic carbocycles. The van der Waals surface area contributed by atoms with Crippen molar-refractivity contribution in [2.45, 2.75) is 25.8 Å². The number of likely N-dealkylation sites (tertiary alicyclic amines) is 1. The van der Waals surface area contributed by atoms with Crippen molar-refractivity contribution in [3.05, 3.63) is 70.0 Å². The van der Waals surface area contributed by atoms with Gasteiger partial charge >= 0.3 is 0 Å². The van der Waals surface area contributed by atoms with Gasteiger partial charge in [0.25, 0.3) is 11.5 Å². The number of carbonyl (C=O) groups excluding carboxylic acids is 1. The highest BCUT2D eigenvalue weighted by Crippen LogP contribution is 2.35. The smallest absolute Gasteiger partial charge is 0.255 e. The van der Waals surface area contributed by atoms with Gasteiger partial charge in [-0.05, 0) is 37.5 Å². The van der Waals surface area contributed by atoms with Gasteiger partial charge in [0, 0.05) is 49.7 Å². The second kappa shape index (κ2) is 5.56. The predicted octanol–water partition coefficient (Wildman–Crippen LogP) is 2.06. The van der Waals surface area contributed by atoms with Gasteiger partial charge in [0.1, 0.15) is 5.65 Å². The quantitative estimate of drug-likeness (QED) is 0.676. The van der Waals surface area contributed by atoms with Gasteiger partial charge < -0.3 is 13.9 Å². The van der Waals surface area contributed by atoms with E-state index in [1.807, 2.05) is 57.5 Å². The lowest BCUT2D eigenvalue weighted by atomic mass is 9.83. The van der Waals surface area contributed by atoms with Crippen molar-refractivity contribution in [3.8, 4) is 0 Å². The number of nitrogens with zero attached hydrogens (tertiary/aromatic N) is 4. The van der Waals surface area contributed by atoms with E-state index in [1.54, 1.807) is 6.07 Å². The van der Waals surface area contributed by atoms with E-state index in [0.29, 0.717) is 31.1 Å². The summed E-state index contributed by atoms with van der Waals surface area (Å²) in [5.41, 5.74) is 3.59. The minimum Gasteiger partial charge on any atom is -0.338 e. The van der Waals surface area contributed by atoms with E-state index in [0.717, 1.165) is 23.5 Å². The Morgan fingerprint density at radius 3 is 2.88 bits per heavy atom. The average Bonchev–Trinajstić information content (AvgIpc) is 3.01. The van der Waals surface area contributed by atoms with Gasteiger partial charge in [-0.15, -0.1) is 0 Å². The number of aryl methyl sites for hydroxylation is 1. The fraction of sp³-hybridized carbons (Fsp3) is 0.350. The van der Waals surface area contributed by atoms with Crippen LogP contribution in [0, 0.1) is 12.8 Å². The maximum absolute atomic E-state index is 13.1. The number of carbonyl (C=O) groups is 1. The van der Waals surface area contributed by atoms with Gasteiger partial charge in [-0.3, -0.25) is 9.59 Å². The lowest BCUT2D eigenvalue weighted by Gasteiger charge is -2.42. The first-order valence-corrected chi connectivity index (χ1v) is 9.03. The van der Waals surface area contributed by atoms with Crippen molar-refractivity contribution in [2.75, 3.05) is 13.1 Å². The van der Waals surface area contributed by atoms with Crippen LogP contribution in [0.2, 0.25) is 0 Å². The molecule has 1 saturated heterocycles. The molecule has 2 aliphatic heterocycles. The van der Waals surface area contributed by atoms with Gasteiger partial charge in [-0.25, -0.2) is 4.98 Å². The Balaban J connectivity index is 1.46. The van der Waals surface area contributed by atoms with E-state index in [2.05, 4.69) is 4.98 Å². The first kappa shape index (κ1) is 15.4. The van der Waals surface area contributed by atoms with E-state index < -0.39 is 0 Å². The Morgan fingerprint density at radius 1 is 1.12 bits per heavy atom. The third-order valence-electron chi connectivity index (χ3n) is 5.59. The summed E-state index contributed by atoms with van der Waals surface area (Å²) in [7, 11) is 0. The normalized spacial score (nSPS) is 21.7. The number of imidazole rings is 1. The van der Waals surface area contributed by atoms with E-state index in [-0.39, 0.29) is 17.4 Å². The van der Waals surface area contributed by atoms with Crippen molar-refractivity contribution in [1.82, 2.24) is 18.9 Å². The largest absolute Gasteiger partial charge is 0.338 e. The summed E-state index contributed by atoms with van der Waals surface area (Å²) in [6.07, 6.45) is 4.84. The highest BCUT2D eigenvalue weighted by Gasteiger charge is 2.36. The fourth-order valence-electron chi connectivity index (χ4n) is 4.49. The summed E-state index contributed by atoms with van der Waals surface area (Å²) >= 11 is 0. The molecule has 2 atom stereocenters.